The van der Waals surface area contributed by atoms with Crippen molar-refractivity contribution in [1.82, 2.24) is 4.90 Å². The Balaban J connectivity index is 2.53. The molecule has 0 spiro atoms. The van der Waals surface area contributed by atoms with E-state index >= 15 is 0 Å². The first-order chi connectivity index (χ1) is 7.12. The van der Waals surface area contributed by atoms with E-state index < -0.39 is 0 Å². The molecule has 1 rings (SSSR count). The van der Waals surface area contributed by atoms with Crippen molar-refractivity contribution in [2.75, 3.05) is 13.1 Å². The van der Waals surface area contributed by atoms with E-state index in [-0.39, 0.29) is 5.41 Å². The lowest BCUT2D eigenvalue weighted by Crippen LogP contribution is -2.45. The molecule has 0 amide bonds. The number of amidine groups is 1. The normalized spacial score (nSPS) is 20.0. The lowest BCUT2D eigenvalue weighted by atomic mass is 9.75. The molecule has 16 heavy (non-hydrogen) atoms. The van der Waals surface area contributed by atoms with Crippen LogP contribution in [-0.2, 0) is 0 Å². The second-order valence-corrected chi connectivity index (χ2v) is 7.23. The molecule has 1 N–H and O–H groups in total. The number of hydrogen-bond donors (Lipinski definition) is 1. The van der Waals surface area contributed by atoms with Crippen LogP contribution < -0.4 is 0 Å². The van der Waals surface area contributed by atoms with Gasteiger partial charge in [-0.2, -0.15) is 0 Å². The van der Waals surface area contributed by atoms with Crippen molar-refractivity contribution in [2.45, 2.75) is 54.4 Å². The Bertz CT molecular complexity index is 247. The third-order valence-corrected chi connectivity index (χ3v) is 3.75. The van der Waals surface area contributed by atoms with E-state index in [1.54, 1.807) is 0 Å². The monoisotopic (exact) mass is 224 g/mol. The SMILES string of the molecule is CC(C)(C)C(=N)N1CCC(C(C)(C)C)CC1. The van der Waals surface area contributed by atoms with Gasteiger partial charge in [0.1, 0.15) is 5.84 Å². The molecule has 1 aliphatic rings. The Morgan fingerprint density at radius 3 is 1.75 bits per heavy atom. The molecule has 2 heteroatoms. The van der Waals surface area contributed by atoms with Crippen LogP contribution in [0.4, 0.5) is 0 Å². The lowest BCUT2D eigenvalue weighted by molar-refractivity contribution is 0.144. The molecule has 0 radical (unpaired) electrons. The first-order valence-electron chi connectivity index (χ1n) is 6.46. The molecule has 1 fully saturated rings. The maximum atomic E-state index is 8.18. The molecule has 1 aliphatic heterocycles. The summed E-state index contributed by atoms with van der Waals surface area (Å²) < 4.78 is 0. The standard InChI is InChI=1S/C14H28N2/c1-13(2,3)11-7-9-16(10-8-11)12(15)14(4,5)6/h11,15H,7-10H2,1-6H3. The van der Waals surface area contributed by atoms with E-state index in [2.05, 4.69) is 46.4 Å². The third-order valence-electron chi connectivity index (χ3n) is 3.75. The van der Waals surface area contributed by atoms with Crippen LogP contribution in [0, 0.1) is 22.2 Å². The molecule has 1 heterocycles. The van der Waals surface area contributed by atoms with Gasteiger partial charge in [0.25, 0.3) is 0 Å². The van der Waals surface area contributed by atoms with Crippen LogP contribution in [0.5, 0.6) is 0 Å². The third kappa shape index (κ3) is 3.23. The average molecular weight is 224 g/mol. The van der Waals surface area contributed by atoms with E-state index in [1.165, 1.54) is 12.8 Å². The minimum atomic E-state index is -0.00539. The van der Waals surface area contributed by atoms with Crippen molar-refractivity contribution in [3.05, 3.63) is 0 Å². The van der Waals surface area contributed by atoms with Gasteiger partial charge in [-0.1, -0.05) is 41.5 Å². The van der Waals surface area contributed by atoms with Crippen molar-refractivity contribution in [3.8, 4) is 0 Å². The van der Waals surface area contributed by atoms with Gasteiger partial charge in [0.15, 0.2) is 0 Å². The van der Waals surface area contributed by atoms with E-state index in [9.17, 15) is 0 Å². The molecule has 0 atom stereocenters. The highest BCUT2D eigenvalue weighted by Gasteiger charge is 2.31. The Hall–Kier alpha value is -0.530. The quantitative estimate of drug-likeness (QED) is 0.492. The largest absolute Gasteiger partial charge is 0.360 e. The van der Waals surface area contributed by atoms with Crippen LogP contribution in [-0.4, -0.2) is 23.8 Å². The van der Waals surface area contributed by atoms with Crippen LogP contribution in [0.15, 0.2) is 0 Å². The van der Waals surface area contributed by atoms with Gasteiger partial charge in [-0.05, 0) is 24.2 Å². The summed E-state index contributed by atoms with van der Waals surface area (Å²) in [6, 6.07) is 0. The zero-order valence-corrected chi connectivity index (χ0v) is 11.9. The Morgan fingerprint density at radius 2 is 1.44 bits per heavy atom. The number of hydrogen-bond acceptors (Lipinski definition) is 1. The van der Waals surface area contributed by atoms with Gasteiger partial charge in [0.05, 0.1) is 0 Å². The average Bonchev–Trinajstić information content (AvgIpc) is 2.14. The van der Waals surface area contributed by atoms with E-state index in [0.717, 1.165) is 24.8 Å². The Labute approximate surface area is 101 Å². The van der Waals surface area contributed by atoms with E-state index in [0.29, 0.717) is 5.41 Å². The predicted octanol–water partition coefficient (Wildman–Crippen LogP) is 3.77. The van der Waals surface area contributed by atoms with Crippen molar-refractivity contribution in [2.24, 2.45) is 16.7 Å². The maximum absolute atomic E-state index is 8.18. The summed E-state index contributed by atoms with van der Waals surface area (Å²) in [7, 11) is 0. The number of likely N-dealkylation sites (tertiary alicyclic amines) is 1. The Kier molecular flexibility index (Phi) is 3.71. The summed E-state index contributed by atoms with van der Waals surface area (Å²) in [6.07, 6.45) is 2.48. The van der Waals surface area contributed by atoms with Gasteiger partial charge in [-0.25, -0.2) is 0 Å². The highest BCUT2D eigenvalue weighted by Crippen LogP contribution is 2.35. The van der Waals surface area contributed by atoms with Gasteiger partial charge in [0.2, 0.25) is 0 Å². The zero-order chi connectivity index (χ0) is 12.6. The molecule has 0 saturated carbocycles. The Morgan fingerprint density at radius 1 is 1.00 bits per heavy atom. The lowest BCUT2D eigenvalue weighted by Gasteiger charge is -2.42. The van der Waals surface area contributed by atoms with Crippen molar-refractivity contribution in [1.29, 1.82) is 5.41 Å². The number of nitrogens with one attached hydrogen (secondary N) is 1. The summed E-state index contributed by atoms with van der Waals surface area (Å²) >= 11 is 0. The highest BCUT2D eigenvalue weighted by atomic mass is 15.2. The predicted molar refractivity (Wildman–Crippen MR) is 70.9 cm³/mol. The van der Waals surface area contributed by atoms with Crippen LogP contribution in [0.2, 0.25) is 0 Å². The first-order valence-corrected chi connectivity index (χ1v) is 6.46. The van der Waals surface area contributed by atoms with Crippen LogP contribution >= 0.6 is 0 Å². The second kappa shape index (κ2) is 4.38. The summed E-state index contributed by atoms with van der Waals surface area (Å²) in [5.41, 5.74) is 0.421. The number of nitrogens with zero attached hydrogens (tertiary/aromatic N) is 1. The van der Waals surface area contributed by atoms with Crippen LogP contribution in [0.1, 0.15) is 54.4 Å². The van der Waals surface area contributed by atoms with Crippen molar-refractivity contribution >= 4 is 5.84 Å². The smallest absolute Gasteiger partial charge is 0.101 e. The van der Waals surface area contributed by atoms with Crippen molar-refractivity contribution < 1.29 is 0 Å². The summed E-state index contributed by atoms with van der Waals surface area (Å²) in [4.78, 5) is 2.27. The van der Waals surface area contributed by atoms with E-state index in [4.69, 9.17) is 5.41 Å². The number of rotatable bonds is 0. The molecule has 0 aliphatic carbocycles. The molecule has 0 aromatic rings. The van der Waals surface area contributed by atoms with Gasteiger partial charge in [-0.15, -0.1) is 0 Å². The molecular weight excluding hydrogens is 196 g/mol. The summed E-state index contributed by atoms with van der Waals surface area (Å²) in [5.74, 6) is 1.62. The van der Waals surface area contributed by atoms with E-state index in [1.807, 2.05) is 0 Å². The fraction of sp³-hybridized carbons (Fsp3) is 0.929. The fourth-order valence-corrected chi connectivity index (χ4v) is 2.44. The van der Waals surface area contributed by atoms with Gasteiger partial charge in [-0.3, -0.25) is 5.41 Å². The molecule has 94 valence electrons. The topological polar surface area (TPSA) is 27.1 Å². The zero-order valence-electron chi connectivity index (χ0n) is 11.9. The molecule has 0 aromatic carbocycles. The van der Waals surface area contributed by atoms with Gasteiger partial charge < -0.3 is 4.90 Å². The van der Waals surface area contributed by atoms with Crippen LogP contribution in [0.25, 0.3) is 0 Å². The summed E-state index contributed by atoms with van der Waals surface area (Å²) in [5, 5.41) is 8.18. The molecule has 2 nitrogen and oxygen atoms in total. The minimum Gasteiger partial charge on any atom is -0.360 e. The summed E-state index contributed by atoms with van der Waals surface area (Å²) in [6.45, 7) is 15.5. The molecule has 0 bridgehead atoms. The van der Waals surface area contributed by atoms with Gasteiger partial charge in [0, 0.05) is 18.5 Å². The highest BCUT2D eigenvalue weighted by molar-refractivity contribution is 5.84. The molecule has 1 saturated heterocycles. The first kappa shape index (κ1) is 13.5. The van der Waals surface area contributed by atoms with Gasteiger partial charge >= 0.3 is 0 Å². The fourth-order valence-electron chi connectivity index (χ4n) is 2.44. The minimum absolute atomic E-state index is 0.00539. The van der Waals surface area contributed by atoms with Crippen molar-refractivity contribution in [3.63, 3.8) is 0 Å². The maximum Gasteiger partial charge on any atom is 0.101 e. The molecule has 0 unspecified atom stereocenters. The molecular formula is C14H28N2. The second-order valence-electron chi connectivity index (χ2n) is 7.23. The number of piperidine rings is 1. The molecule has 0 aromatic heterocycles. The van der Waals surface area contributed by atoms with Crippen LogP contribution in [0.3, 0.4) is 0 Å².